The van der Waals surface area contributed by atoms with Gasteiger partial charge in [0.25, 0.3) is 0 Å². The molecule has 0 bridgehead atoms. The predicted molar refractivity (Wildman–Crippen MR) is 136 cm³/mol. The van der Waals surface area contributed by atoms with Crippen LogP contribution in [0.1, 0.15) is 55.8 Å². The Morgan fingerprint density at radius 2 is 1.82 bits per heavy atom. The molecule has 6 nitrogen and oxygen atoms in total. The molecule has 0 radical (unpaired) electrons. The van der Waals surface area contributed by atoms with Gasteiger partial charge in [-0.1, -0.05) is 80.2 Å². The Morgan fingerprint density at radius 3 is 2.47 bits per heavy atom. The lowest BCUT2D eigenvalue weighted by Gasteiger charge is -2.36. The first-order chi connectivity index (χ1) is 16.4. The number of aliphatic imine (C=N–C) groups is 1. The van der Waals surface area contributed by atoms with Crippen molar-refractivity contribution in [3.8, 4) is 0 Å². The lowest BCUT2D eigenvalue weighted by atomic mass is 9.92. The Bertz CT molecular complexity index is 1170. The number of esters is 1. The number of nitrogens with one attached hydrogen (secondary N) is 1. The van der Waals surface area contributed by atoms with E-state index in [9.17, 15) is 9.59 Å². The van der Waals surface area contributed by atoms with Crippen LogP contribution in [0.2, 0.25) is 0 Å². The molecule has 4 rings (SSSR count). The number of carbonyl (C=O) groups excluding carboxylic acids is 2. The summed E-state index contributed by atoms with van der Waals surface area (Å²) in [4.78, 5) is 32.3. The van der Waals surface area contributed by atoms with E-state index in [1.807, 2.05) is 47.6 Å². The fourth-order valence-corrected chi connectivity index (χ4v) is 5.11. The smallest absolute Gasteiger partial charge is 0.338 e. The van der Waals surface area contributed by atoms with Crippen LogP contribution >= 0.6 is 11.8 Å². The molecule has 0 aromatic heterocycles. The summed E-state index contributed by atoms with van der Waals surface area (Å²) in [5.41, 5.74) is 5.14. The number of fused-ring (bicyclic) bond motifs is 1. The number of benzene rings is 2. The molecular formula is C27H29N3O3S. The first-order valence-corrected chi connectivity index (χ1v) is 12.2. The van der Waals surface area contributed by atoms with Crippen LogP contribution in [0, 0.1) is 0 Å². The number of allylic oxidation sites excluding steroid dienone is 1. The molecule has 2 heterocycles. The maximum atomic E-state index is 12.8. The van der Waals surface area contributed by atoms with Crippen LogP contribution in [0.5, 0.6) is 0 Å². The first kappa shape index (κ1) is 23.8. The number of amides is 1. The summed E-state index contributed by atoms with van der Waals surface area (Å²) in [6.07, 6.45) is 0.187. The van der Waals surface area contributed by atoms with Crippen LogP contribution in [-0.2, 0) is 20.9 Å². The molecule has 0 spiro atoms. The zero-order valence-corrected chi connectivity index (χ0v) is 20.7. The third kappa shape index (κ3) is 4.94. The van der Waals surface area contributed by atoms with E-state index in [-0.39, 0.29) is 12.3 Å². The molecule has 2 aromatic carbocycles. The standard InChI is InChI=1S/C27H29N3O3S/c1-17(2)20-10-12-21(13-11-20)25-24(26(32)33-4)18(3)29-27-30(25)22(16-34-27)14-23(31)28-15-19-8-6-5-7-9-19/h5-13,16-17,25H,14-15H2,1-4H3,(H,28,31). The summed E-state index contributed by atoms with van der Waals surface area (Å²) in [6, 6.07) is 17.7. The molecule has 1 N–H and O–H groups in total. The van der Waals surface area contributed by atoms with Crippen molar-refractivity contribution in [2.45, 2.75) is 45.7 Å². The lowest BCUT2D eigenvalue weighted by molar-refractivity contribution is -0.136. The number of nitrogens with zero attached hydrogens (tertiary/aromatic N) is 2. The Hall–Kier alpha value is -3.32. The second kappa shape index (κ2) is 10.3. The van der Waals surface area contributed by atoms with Gasteiger partial charge in [0.15, 0.2) is 5.17 Å². The highest BCUT2D eigenvalue weighted by Gasteiger charge is 2.40. The van der Waals surface area contributed by atoms with Gasteiger partial charge in [-0.3, -0.25) is 4.79 Å². The summed E-state index contributed by atoms with van der Waals surface area (Å²) in [5, 5.41) is 5.70. The predicted octanol–water partition coefficient (Wildman–Crippen LogP) is 5.26. The quantitative estimate of drug-likeness (QED) is 0.553. The van der Waals surface area contributed by atoms with E-state index < -0.39 is 12.0 Å². The Balaban J connectivity index is 1.61. The maximum Gasteiger partial charge on any atom is 0.338 e. The molecule has 2 aliphatic heterocycles. The van der Waals surface area contributed by atoms with Crippen LogP contribution in [-0.4, -0.2) is 29.1 Å². The van der Waals surface area contributed by atoms with Crippen LogP contribution in [0.3, 0.4) is 0 Å². The number of rotatable bonds is 7. The van der Waals surface area contributed by atoms with Crippen molar-refractivity contribution in [1.29, 1.82) is 0 Å². The average Bonchev–Trinajstić information content (AvgIpc) is 3.23. The van der Waals surface area contributed by atoms with E-state index >= 15 is 0 Å². The Morgan fingerprint density at radius 1 is 1.12 bits per heavy atom. The van der Waals surface area contributed by atoms with Crippen molar-refractivity contribution < 1.29 is 14.3 Å². The molecule has 2 aliphatic rings. The van der Waals surface area contributed by atoms with Gasteiger partial charge in [0.1, 0.15) is 0 Å². The molecule has 0 fully saturated rings. The van der Waals surface area contributed by atoms with Crippen molar-refractivity contribution in [2.24, 2.45) is 4.99 Å². The highest BCUT2D eigenvalue weighted by Crippen LogP contribution is 2.44. The summed E-state index contributed by atoms with van der Waals surface area (Å²) in [6.45, 7) is 6.59. The third-order valence-corrected chi connectivity index (χ3v) is 6.89. The second-order valence-electron chi connectivity index (χ2n) is 8.65. The number of hydrogen-bond acceptors (Lipinski definition) is 6. The Labute approximate surface area is 204 Å². The fourth-order valence-electron chi connectivity index (χ4n) is 4.14. The maximum absolute atomic E-state index is 12.8. The van der Waals surface area contributed by atoms with Gasteiger partial charge in [-0.25, -0.2) is 9.79 Å². The molecule has 1 amide bonds. The number of amidine groups is 1. The first-order valence-electron chi connectivity index (χ1n) is 11.3. The van der Waals surface area contributed by atoms with Crippen molar-refractivity contribution in [1.82, 2.24) is 10.2 Å². The molecule has 176 valence electrons. The van der Waals surface area contributed by atoms with Gasteiger partial charge in [-0.2, -0.15) is 0 Å². The molecule has 0 saturated carbocycles. The van der Waals surface area contributed by atoms with E-state index in [0.717, 1.165) is 22.0 Å². The van der Waals surface area contributed by atoms with E-state index in [0.29, 0.717) is 23.7 Å². The van der Waals surface area contributed by atoms with Crippen LogP contribution in [0.15, 0.2) is 82.0 Å². The monoisotopic (exact) mass is 475 g/mol. The van der Waals surface area contributed by atoms with Gasteiger partial charge in [0, 0.05) is 12.2 Å². The third-order valence-electron chi connectivity index (χ3n) is 6.00. The minimum absolute atomic E-state index is 0.0863. The number of ether oxygens (including phenoxy) is 1. The summed E-state index contributed by atoms with van der Waals surface area (Å²) in [5.74, 6) is -0.0965. The molecule has 34 heavy (non-hydrogen) atoms. The average molecular weight is 476 g/mol. The van der Waals surface area contributed by atoms with Gasteiger partial charge in [-0.15, -0.1) is 0 Å². The number of hydrogen-bond donors (Lipinski definition) is 1. The van der Waals surface area contributed by atoms with E-state index in [2.05, 4.69) is 48.4 Å². The van der Waals surface area contributed by atoms with E-state index in [4.69, 9.17) is 4.74 Å². The highest BCUT2D eigenvalue weighted by molar-refractivity contribution is 8.16. The minimum atomic E-state index is -0.414. The molecule has 1 atom stereocenters. The summed E-state index contributed by atoms with van der Waals surface area (Å²) in [7, 11) is 1.38. The largest absolute Gasteiger partial charge is 0.466 e. The minimum Gasteiger partial charge on any atom is -0.466 e. The lowest BCUT2D eigenvalue weighted by Crippen LogP contribution is -2.37. The fraction of sp³-hybridized carbons (Fsp3) is 0.296. The van der Waals surface area contributed by atoms with Crippen LogP contribution in [0.25, 0.3) is 0 Å². The normalized spacial score (nSPS) is 17.3. The van der Waals surface area contributed by atoms with Crippen molar-refractivity contribution in [3.63, 3.8) is 0 Å². The topological polar surface area (TPSA) is 71.0 Å². The van der Waals surface area contributed by atoms with Gasteiger partial charge in [0.05, 0.1) is 30.8 Å². The van der Waals surface area contributed by atoms with Crippen molar-refractivity contribution in [2.75, 3.05) is 7.11 Å². The van der Waals surface area contributed by atoms with Gasteiger partial charge >= 0.3 is 5.97 Å². The van der Waals surface area contributed by atoms with Crippen molar-refractivity contribution in [3.05, 3.63) is 93.7 Å². The summed E-state index contributed by atoms with van der Waals surface area (Å²) >= 11 is 1.47. The molecular weight excluding hydrogens is 446 g/mol. The zero-order valence-electron chi connectivity index (χ0n) is 19.9. The Kier molecular flexibility index (Phi) is 7.22. The van der Waals surface area contributed by atoms with E-state index in [1.165, 1.54) is 24.4 Å². The number of methoxy groups -OCH3 is 1. The van der Waals surface area contributed by atoms with Crippen LogP contribution in [0.4, 0.5) is 0 Å². The number of carbonyl (C=O) groups is 2. The zero-order chi connectivity index (χ0) is 24.2. The number of thioether (sulfide) groups is 1. The molecule has 2 aromatic rings. The molecule has 7 heteroatoms. The SMILES string of the molecule is COC(=O)C1=C(C)N=C2SC=C(CC(=O)NCc3ccccc3)N2C1c1ccc(C(C)C)cc1. The molecule has 1 unspecified atom stereocenters. The van der Waals surface area contributed by atoms with Gasteiger partial charge < -0.3 is 15.0 Å². The second-order valence-corrected chi connectivity index (χ2v) is 9.48. The summed E-state index contributed by atoms with van der Waals surface area (Å²) < 4.78 is 5.13. The molecule has 0 aliphatic carbocycles. The van der Waals surface area contributed by atoms with Crippen LogP contribution < -0.4 is 5.32 Å². The van der Waals surface area contributed by atoms with E-state index in [1.54, 1.807) is 0 Å². The van der Waals surface area contributed by atoms with Gasteiger partial charge in [-0.05, 0) is 34.9 Å². The highest BCUT2D eigenvalue weighted by atomic mass is 32.2. The molecule has 0 saturated heterocycles. The van der Waals surface area contributed by atoms with Gasteiger partial charge in [0.2, 0.25) is 5.91 Å². The van der Waals surface area contributed by atoms with Crippen molar-refractivity contribution >= 4 is 28.8 Å².